The molecule has 214 valence electrons. The molecule has 0 aromatic heterocycles. The third-order valence-corrected chi connectivity index (χ3v) is 5.87. The summed E-state index contributed by atoms with van der Waals surface area (Å²) in [6, 6.07) is 4.00. The van der Waals surface area contributed by atoms with Gasteiger partial charge in [0, 0.05) is 6.54 Å². The molecule has 1 aromatic rings. The lowest BCUT2D eigenvalue weighted by atomic mass is 10.0. The van der Waals surface area contributed by atoms with Crippen LogP contribution in [0.25, 0.3) is 0 Å². The van der Waals surface area contributed by atoms with Crippen LogP contribution in [-0.2, 0) is 35.0 Å². The van der Waals surface area contributed by atoms with Crippen molar-refractivity contribution in [1.29, 1.82) is 0 Å². The summed E-state index contributed by atoms with van der Waals surface area (Å²) in [5, 5.41) is 3.05. The van der Waals surface area contributed by atoms with Crippen molar-refractivity contribution in [2.24, 2.45) is 17.8 Å². The highest BCUT2D eigenvalue weighted by Gasteiger charge is 2.24. The number of nitrogens with one attached hydrogen (secondary N) is 1. The van der Waals surface area contributed by atoms with Gasteiger partial charge in [0.25, 0.3) is 0 Å². The third kappa shape index (κ3) is 11.5. The summed E-state index contributed by atoms with van der Waals surface area (Å²) in [5.41, 5.74) is 0.633. The van der Waals surface area contributed by atoms with Crippen molar-refractivity contribution < 1.29 is 42.9 Å². The Morgan fingerprint density at radius 2 is 1.42 bits per heavy atom. The normalized spacial score (nSPS) is 14.1. The molecule has 0 aliphatic rings. The van der Waals surface area contributed by atoms with Gasteiger partial charge in [0.2, 0.25) is 0 Å². The zero-order valence-corrected chi connectivity index (χ0v) is 23.8. The Morgan fingerprint density at radius 3 is 1.95 bits per heavy atom. The molecule has 3 unspecified atom stereocenters. The highest BCUT2D eigenvalue weighted by Crippen LogP contribution is 2.31. The number of esters is 3. The highest BCUT2D eigenvalue weighted by molar-refractivity contribution is 5.79. The maximum atomic E-state index is 12.5. The first-order valence-corrected chi connectivity index (χ1v) is 13.1. The molecule has 0 bridgehead atoms. The number of carbonyl (C=O) groups excluding carboxylic acids is 4. The molecule has 38 heavy (non-hydrogen) atoms. The monoisotopic (exact) mass is 537 g/mol. The molecule has 0 saturated carbocycles. The summed E-state index contributed by atoms with van der Waals surface area (Å²) < 4.78 is 26.2. The summed E-state index contributed by atoms with van der Waals surface area (Å²) in [6.07, 6.45) is 0.00224. The molecule has 1 rings (SSSR count). The molecular formula is C28H43NO9. The van der Waals surface area contributed by atoms with Gasteiger partial charge in [-0.15, -0.1) is 0 Å². The highest BCUT2D eigenvalue weighted by atomic mass is 16.7. The number of benzene rings is 1. The molecule has 0 spiro atoms. The molecule has 0 aliphatic carbocycles. The van der Waals surface area contributed by atoms with Gasteiger partial charge >= 0.3 is 24.1 Å². The molecular weight excluding hydrogens is 494 g/mol. The van der Waals surface area contributed by atoms with Crippen LogP contribution in [-0.4, -0.2) is 56.5 Å². The van der Waals surface area contributed by atoms with Crippen LogP contribution >= 0.6 is 0 Å². The van der Waals surface area contributed by atoms with E-state index in [2.05, 4.69) is 5.32 Å². The molecule has 10 heteroatoms. The molecule has 0 saturated heterocycles. The van der Waals surface area contributed by atoms with Crippen LogP contribution in [0.2, 0.25) is 0 Å². The van der Waals surface area contributed by atoms with Crippen LogP contribution in [0.3, 0.4) is 0 Å². The summed E-state index contributed by atoms with van der Waals surface area (Å²) >= 11 is 0. The first-order valence-electron chi connectivity index (χ1n) is 13.1. The Kier molecular flexibility index (Phi) is 14.4. The van der Waals surface area contributed by atoms with Gasteiger partial charge in [0.05, 0.1) is 25.6 Å². The number of hydrogen-bond acceptors (Lipinski definition) is 10. The van der Waals surface area contributed by atoms with E-state index in [0.717, 1.165) is 0 Å². The van der Waals surface area contributed by atoms with E-state index in [1.54, 1.807) is 39.0 Å². The van der Waals surface area contributed by atoms with E-state index < -0.39 is 36.2 Å². The van der Waals surface area contributed by atoms with Crippen molar-refractivity contribution in [2.45, 2.75) is 79.9 Å². The maximum absolute atomic E-state index is 12.5. The van der Waals surface area contributed by atoms with Crippen LogP contribution in [0.4, 0.5) is 4.79 Å². The van der Waals surface area contributed by atoms with Crippen LogP contribution in [0.5, 0.6) is 11.5 Å². The molecule has 0 fully saturated rings. The molecule has 0 amide bonds. The molecule has 0 heterocycles. The van der Waals surface area contributed by atoms with Gasteiger partial charge in [0.1, 0.15) is 12.1 Å². The fourth-order valence-electron chi connectivity index (χ4n) is 2.99. The van der Waals surface area contributed by atoms with Crippen LogP contribution in [0, 0.1) is 17.8 Å². The van der Waals surface area contributed by atoms with Gasteiger partial charge in [-0.3, -0.25) is 14.4 Å². The first kappa shape index (κ1) is 32.9. The quantitative estimate of drug-likeness (QED) is 0.253. The lowest BCUT2D eigenvalue weighted by molar-refractivity contribution is -0.143. The summed E-state index contributed by atoms with van der Waals surface area (Å²) in [5.74, 6) is -1.69. The Bertz CT molecular complexity index is 931. The molecule has 0 radical (unpaired) electrons. The zero-order chi connectivity index (χ0) is 28.8. The predicted molar refractivity (Wildman–Crippen MR) is 141 cm³/mol. The average molecular weight is 538 g/mol. The minimum Gasteiger partial charge on any atom is -0.468 e. The van der Waals surface area contributed by atoms with Gasteiger partial charge in [-0.1, -0.05) is 47.6 Å². The van der Waals surface area contributed by atoms with E-state index >= 15 is 0 Å². The van der Waals surface area contributed by atoms with Crippen molar-refractivity contribution in [1.82, 2.24) is 5.32 Å². The van der Waals surface area contributed by atoms with Gasteiger partial charge in [-0.25, -0.2) is 4.79 Å². The Morgan fingerprint density at radius 1 is 0.842 bits per heavy atom. The predicted octanol–water partition coefficient (Wildman–Crippen LogP) is 4.46. The number of methoxy groups -OCH3 is 1. The van der Waals surface area contributed by atoms with Crippen molar-refractivity contribution in [3.63, 3.8) is 0 Å². The van der Waals surface area contributed by atoms with Crippen molar-refractivity contribution in [2.75, 3.05) is 20.3 Å². The second-order valence-corrected chi connectivity index (χ2v) is 9.81. The number of hydrogen-bond donors (Lipinski definition) is 1. The molecule has 0 aliphatic heterocycles. The maximum Gasteiger partial charge on any atom is 0.508 e. The van der Waals surface area contributed by atoms with Gasteiger partial charge in [0.15, 0.2) is 11.5 Å². The van der Waals surface area contributed by atoms with Crippen molar-refractivity contribution >= 4 is 24.1 Å². The number of ether oxygens (including phenoxy) is 5. The Labute approximate surface area is 225 Å². The first-order chi connectivity index (χ1) is 17.9. The molecule has 1 aromatic carbocycles. The minimum atomic E-state index is -0.788. The van der Waals surface area contributed by atoms with E-state index in [9.17, 15) is 19.2 Å². The average Bonchev–Trinajstić information content (AvgIpc) is 2.89. The number of rotatable bonds is 15. The second-order valence-electron chi connectivity index (χ2n) is 9.81. The van der Waals surface area contributed by atoms with E-state index in [0.29, 0.717) is 18.4 Å². The fourth-order valence-corrected chi connectivity index (χ4v) is 2.99. The van der Waals surface area contributed by atoms with E-state index in [1.807, 2.05) is 27.7 Å². The summed E-state index contributed by atoms with van der Waals surface area (Å²) in [6.45, 7) is 13.2. The third-order valence-electron chi connectivity index (χ3n) is 5.87. The van der Waals surface area contributed by atoms with E-state index in [-0.39, 0.29) is 48.8 Å². The van der Waals surface area contributed by atoms with Crippen molar-refractivity contribution in [3.8, 4) is 11.5 Å². The van der Waals surface area contributed by atoms with E-state index in [4.69, 9.17) is 23.7 Å². The van der Waals surface area contributed by atoms with E-state index in [1.165, 1.54) is 7.11 Å². The Balaban J connectivity index is 3.04. The zero-order valence-electron chi connectivity index (χ0n) is 23.8. The summed E-state index contributed by atoms with van der Waals surface area (Å²) in [4.78, 5) is 49.2. The van der Waals surface area contributed by atoms with Gasteiger partial charge < -0.3 is 29.0 Å². The van der Waals surface area contributed by atoms with Crippen LogP contribution < -0.4 is 14.8 Å². The van der Waals surface area contributed by atoms with Crippen LogP contribution in [0.1, 0.15) is 66.9 Å². The lowest BCUT2D eigenvalue weighted by Gasteiger charge is -2.21. The standard InChI is InChI=1S/C28H43NO9/c1-9-18(5)25(30)37-23-12-11-21(14-24(23)38-26(31)19(6)10-2)13-22(27(32)34-8)29-15-20(7)36-28(33)35-16-17(3)4/h11-12,14,17-20,22,29H,9-10,13,15-16H2,1-8H3/t18?,19?,20?,22-/m0/s1. The lowest BCUT2D eigenvalue weighted by Crippen LogP contribution is -2.43. The SMILES string of the molecule is CCC(C)C(=O)Oc1ccc(C[C@H](NCC(C)OC(=O)OCC(C)C)C(=O)OC)cc1OC(=O)C(C)CC. The Hall–Kier alpha value is -3.14. The largest absolute Gasteiger partial charge is 0.508 e. The molecule has 1 N–H and O–H groups in total. The molecule has 10 nitrogen and oxygen atoms in total. The van der Waals surface area contributed by atoms with Gasteiger partial charge in [-0.2, -0.15) is 0 Å². The second kappa shape index (κ2) is 16.7. The van der Waals surface area contributed by atoms with Crippen molar-refractivity contribution in [3.05, 3.63) is 23.8 Å². The van der Waals surface area contributed by atoms with Gasteiger partial charge in [-0.05, 0) is 49.8 Å². The topological polar surface area (TPSA) is 126 Å². The number of carbonyl (C=O) groups is 4. The smallest absolute Gasteiger partial charge is 0.468 e. The minimum absolute atomic E-state index is 0.0951. The fraction of sp³-hybridized carbons (Fsp3) is 0.643. The summed E-state index contributed by atoms with van der Waals surface area (Å²) in [7, 11) is 1.27. The van der Waals surface area contributed by atoms with Crippen LogP contribution in [0.15, 0.2) is 18.2 Å². The molecule has 4 atom stereocenters.